The summed E-state index contributed by atoms with van der Waals surface area (Å²) < 4.78 is 1.61. The minimum atomic E-state index is -0.221. The molecule has 1 amide bonds. The minimum absolute atomic E-state index is 0.0397. The SMILES string of the molecule is O=CCNC(=O)Cn1ncc2ccccc21. The number of hydrogen-bond acceptors (Lipinski definition) is 3. The Morgan fingerprint density at radius 1 is 1.44 bits per heavy atom. The first kappa shape index (κ1) is 10.4. The second-order valence-electron chi connectivity index (χ2n) is 3.33. The van der Waals surface area contributed by atoms with Gasteiger partial charge >= 0.3 is 0 Å². The fourth-order valence-electron chi connectivity index (χ4n) is 1.50. The zero-order valence-electron chi connectivity index (χ0n) is 8.59. The van der Waals surface area contributed by atoms with Crippen molar-refractivity contribution in [2.75, 3.05) is 6.54 Å². The molecule has 16 heavy (non-hydrogen) atoms. The molecule has 2 aromatic rings. The normalized spacial score (nSPS) is 10.2. The smallest absolute Gasteiger partial charge is 0.242 e. The predicted molar refractivity (Wildman–Crippen MR) is 58.8 cm³/mol. The maximum absolute atomic E-state index is 11.4. The van der Waals surface area contributed by atoms with Gasteiger partial charge in [0.2, 0.25) is 5.91 Å². The summed E-state index contributed by atoms with van der Waals surface area (Å²) in [5.74, 6) is -0.221. The molecule has 82 valence electrons. The summed E-state index contributed by atoms with van der Waals surface area (Å²) in [6, 6.07) is 7.64. The number of aldehydes is 1. The zero-order chi connectivity index (χ0) is 11.4. The quantitative estimate of drug-likeness (QED) is 0.752. The van der Waals surface area contributed by atoms with Gasteiger partial charge in [0.15, 0.2) is 0 Å². The molecule has 1 heterocycles. The van der Waals surface area contributed by atoms with Crippen LogP contribution in [0.3, 0.4) is 0 Å². The van der Waals surface area contributed by atoms with Crippen LogP contribution in [0.2, 0.25) is 0 Å². The number of nitrogens with zero attached hydrogens (tertiary/aromatic N) is 2. The molecular formula is C11H11N3O2. The molecule has 0 aliphatic heterocycles. The van der Waals surface area contributed by atoms with Crippen LogP contribution >= 0.6 is 0 Å². The number of benzene rings is 1. The Balaban J connectivity index is 2.15. The third-order valence-electron chi connectivity index (χ3n) is 2.23. The van der Waals surface area contributed by atoms with Gasteiger partial charge in [-0.15, -0.1) is 0 Å². The second-order valence-corrected chi connectivity index (χ2v) is 3.33. The van der Waals surface area contributed by atoms with Crippen LogP contribution < -0.4 is 5.32 Å². The van der Waals surface area contributed by atoms with Crippen LogP contribution in [0.5, 0.6) is 0 Å². The van der Waals surface area contributed by atoms with Crippen LogP contribution in [0.15, 0.2) is 30.5 Å². The van der Waals surface area contributed by atoms with E-state index < -0.39 is 0 Å². The monoisotopic (exact) mass is 217 g/mol. The Morgan fingerprint density at radius 3 is 3.06 bits per heavy atom. The third kappa shape index (κ3) is 2.08. The van der Waals surface area contributed by atoms with E-state index in [1.54, 1.807) is 10.9 Å². The van der Waals surface area contributed by atoms with Crippen molar-refractivity contribution in [2.24, 2.45) is 0 Å². The topological polar surface area (TPSA) is 64.0 Å². The van der Waals surface area contributed by atoms with E-state index in [9.17, 15) is 9.59 Å². The Hall–Kier alpha value is -2.17. The molecule has 5 heteroatoms. The maximum Gasteiger partial charge on any atom is 0.242 e. The number of amides is 1. The first-order valence-electron chi connectivity index (χ1n) is 4.92. The Kier molecular flexibility index (Phi) is 2.95. The summed E-state index contributed by atoms with van der Waals surface area (Å²) in [4.78, 5) is 21.5. The van der Waals surface area contributed by atoms with Crippen LogP contribution in [0.4, 0.5) is 0 Å². The summed E-state index contributed by atoms with van der Waals surface area (Å²) in [6.45, 7) is 0.166. The Bertz CT molecular complexity index is 519. The number of hydrogen-bond donors (Lipinski definition) is 1. The van der Waals surface area contributed by atoms with Crippen LogP contribution in [0, 0.1) is 0 Å². The molecule has 0 aliphatic rings. The summed E-state index contributed by atoms with van der Waals surface area (Å²) in [6.07, 6.45) is 2.36. The molecule has 0 fully saturated rings. The Morgan fingerprint density at radius 2 is 2.25 bits per heavy atom. The molecule has 1 aromatic heterocycles. The number of rotatable bonds is 4. The van der Waals surface area contributed by atoms with E-state index in [1.807, 2.05) is 24.3 Å². The molecule has 0 aliphatic carbocycles. The second kappa shape index (κ2) is 4.57. The number of aromatic nitrogens is 2. The van der Waals surface area contributed by atoms with E-state index >= 15 is 0 Å². The summed E-state index contributed by atoms with van der Waals surface area (Å²) in [5.41, 5.74) is 0.906. The molecule has 5 nitrogen and oxygen atoms in total. The van der Waals surface area contributed by atoms with Crippen LogP contribution in [-0.4, -0.2) is 28.5 Å². The lowest BCUT2D eigenvalue weighted by Gasteiger charge is -2.03. The van der Waals surface area contributed by atoms with Gasteiger partial charge in [-0.05, 0) is 6.07 Å². The van der Waals surface area contributed by atoms with E-state index in [0.717, 1.165) is 10.9 Å². The number of para-hydroxylation sites is 1. The number of fused-ring (bicyclic) bond motifs is 1. The highest BCUT2D eigenvalue weighted by Gasteiger charge is 2.05. The van der Waals surface area contributed by atoms with E-state index in [0.29, 0.717) is 6.29 Å². The van der Waals surface area contributed by atoms with E-state index in [2.05, 4.69) is 10.4 Å². The Labute approximate surface area is 92.1 Å². The first-order chi connectivity index (χ1) is 7.81. The summed E-state index contributed by atoms with van der Waals surface area (Å²) >= 11 is 0. The lowest BCUT2D eigenvalue weighted by molar-refractivity contribution is -0.123. The van der Waals surface area contributed by atoms with Crippen LogP contribution in [0.1, 0.15) is 0 Å². The molecule has 0 bridgehead atoms. The molecular weight excluding hydrogens is 206 g/mol. The highest BCUT2D eigenvalue weighted by atomic mass is 16.2. The average molecular weight is 217 g/mol. The highest BCUT2D eigenvalue weighted by Crippen LogP contribution is 2.11. The zero-order valence-corrected chi connectivity index (χ0v) is 8.59. The molecule has 0 atom stereocenters. The van der Waals surface area contributed by atoms with Crippen molar-refractivity contribution in [3.05, 3.63) is 30.5 Å². The molecule has 2 rings (SSSR count). The van der Waals surface area contributed by atoms with Crippen LogP contribution in [0.25, 0.3) is 10.9 Å². The van der Waals surface area contributed by atoms with E-state index in [4.69, 9.17) is 0 Å². The van der Waals surface area contributed by atoms with Crippen molar-refractivity contribution >= 4 is 23.1 Å². The molecule has 0 unspecified atom stereocenters. The molecule has 0 spiro atoms. The molecule has 0 radical (unpaired) electrons. The lowest BCUT2D eigenvalue weighted by Crippen LogP contribution is -2.29. The molecule has 0 saturated heterocycles. The van der Waals surface area contributed by atoms with Gasteiger partial charge in [-0.2, -0.15) is 5.10 Å². The fourth-order valence-corrected chi connectivity index (χ4v) is 1.50. The number of carbonyl (C=O) groups excluding carboxylic acids is 2. The molecule has 1 aromatic carbocycles. The van der Waals surface area contributed by atoms with Gasteiger partial charge in [-0.25, -0.2) is 0 Å². The van der Waals surface area contributed by atoms with Crippen molar-refractivity contribution in [1.82, 2.24) is 15.1 Å². The van der Waals surface area contributed by atoms with Crippen molar-refractivity contribution in [2.45, 2.75) is 6.54 Å². The van der Waals surface area contributed by atoms with Gasteiger partial charge in [0.05, 0.1) is 18.3 Å². The van der Waals surface area contributed by atoms with E-state index in [-0.39, 0.29) is 19.0 Å². The lowest BCUT2D eigenvalue weighted by atomic mass is 10.2. The fraction of sp³-hybridized carbons (Fsp3) is 0.182. The van der Waals surface area contributed by atoms with E-state index in [1.165, 1.54) is 0 Å². The van der Waals surface area contributed by atoms with Crippen molar-refractivity contribution in [1.29, 1.82) is 0 Å². The predicted octanol–water partition coefficient (Wildman–Crippen LogP) is 0.351. The largest absolute Gasteiger partial charge is 0.348 e. The van der Waals surface area contributed by atoms with Crippen molar-refractivity contribution in [3.8, 4) is 0 Å². The van der Waals surface area contributed by atoms with Gasteiger partial charge < -0.3 is 10.1 Å². The highest BCUT2D eigenvalue weighted by molar-refractivity contribution is 5.82. The van der Waals surface area contributed by atoms with Crippen molar-refractivity contribution < 1.29 is 9.59 Å². The summed E-state index contributed by atoms with van der Waals surface area (Å²) in [5, 5.41) is 7.57. The molecule has 0 saturated carbocycles. The first-order valence-corrected chi connectivity index (χ1v) is 4.92. The standard InChI is InChI=1S/C11H11N3O2/c15-6-5-12-11(16)8-14-10-4-2-1-3-9(10)7-13-14/h1-4,6-7H,5,8H2,(H,12,16). The number of carbonyl (C=O) groups is 2. The van der Waals surface area contributed by atoms with Gasteiger partial charge in [0, 0.05) is 5.39 Å². The molecule has 1 N–H and O–H groups in total. The van der Waals surface area contributed by atoms with Gasteiger partial charge in [0.25, 0.3) is 0 Å². The van der Waals surface area contributed by atoms with Crippen LogP contribution in [-0.2, 0) is 16.1 Å². The third-order valence-corrected chi connectivity index (χ3v) is 2.23. The average Bonchev–Trinajstić information content (AvgIpc) is 2.70. The van der Waals surface area contributed by atoms with Gasteiger partial charge in [0.1, 0.15) is 12.8 Å². The van der Waals surface area contributed by atoms with Crippen molar-refractivity contribution in [3.63, 3.8) is 0 Å². The van der Waals surface area contributed by atoms with Gasteiger partial charge in [-0.3, -0.25) is 9.48 Å². The van der Waals surface area contributed by atoms with Gasteiger partial charge in [-0.1, -0.05) is 18.2 Å². The maximum atomic E-state index is 11.4. The number of nitrogens with one attached hydrogen (secondary N) is 1. The minimum Gasteiger partial charge on any atom is -0.348 e. The summed E-state index contributed by atoms with van der Waals surface area (Å²) in [7, 11) is 0.